The molecule has 0 aliphatic carbocycles. The lowest BCUT2D eigenvalue weighted by atomic mass is 10.1. The van der Waals surface area contributed by atoms with Gasteiger partial charge in [0.2, 0.25) is 0 Å². The predicted octanol–water partition coefficient (Wildman–Crippen LogP) is 3.64. The molecular weight excluding hydrogens is 253 g/mol. The molecule has 3 heteroatoms. The fourth-order valence-electron chi connectivity index (χ4n) is 1.96. The van der Waals surface area contributed by atoms with Crippen molar-refractivity contribution in [2.24, 2.45) is 0 Å². The van der Waals surface area contributed by atoms with E-state index in [0.29, 0.717) is 12.4 Å². The monoisotopic (exact) mass is 273 g/mol. The number of para-hydroxylation sites is 1. The van der Waals surface area contributed by atoms with Crippen molar-refractivity contribution in [1.82, 2.24) is 4.90 Å². The number of hydrogen-bond acceptors (Lipinski definition) is 2. The summed E-state index contributed by atoms with van der Waals surface area (Å²) in [7, 11) is 2.03. The van der Waals surface area contributed by atoms with E-state index < -0.39 is 0 Å². The van der Waals surface area contributed by atoms with E-state index in [1.807, 2.05) is 7.05 Å². The van der Waals surface area contributed by atoms with E-state index in [4.69, 9.17) is 4.74 Å². The largest absolute Gasteiger partial charge is 0.489 e. The second kappa shape index (κ2) is 7.06. The van der Waals surface area contributed by atoms with Crippen molar-refractivity contribution in [1.29, 1.82) is 0 Å². The third kappa shape index (κ3) is 4.35. The molecule has 0 amide bonds. The Balaban J connectivity index is 1.76. The van der Waals surface area contributed by atoms with Crippen LogP contribution in [0.1, 0.15) is 11.1 Å². The fraction of sp³-hybridized carbons (Fsp3) is 0.294. The zero-order chi connectivity index (χ0) is 14.4. The highest BCUT2D eigenvalue weighted by Crippen LogP contribution is 2.15. The van der Waals surface area contributed by atoms with Crippen molar-refractivity contribution in [3.63, 3.8) is 0 Å². The van der Waals surface area contributed by atoms with Crippen molar-refractivity contribution in [3.05, 3.63) is 65.5 Å². The van der Waals surface area contributed by atoms with Gasteiger partial charge >= 0.3 is 0 Å². The number of benzene rings is 2. The van der Waals surface area contributed by atoms with E-state index in [-0.39, 0.29) is 5.82 Å². The molecule has 0 aromatic heterocycles. The molecule has 20 heavy (non-hydrogen) atoms. The minimum absolute atomic E-state index is 0.311. The van der Waals surface area contributed by atoms with Gasteiger partial charge < -0.3 is 4.74 Å². The Morgan fingerprint density at radius 3 is 2.45 bits per heavy atom. The first-order chi connectivity index (χ1) is 9.65. The lowest BCUT2D eigenvalue weighted by Gasteiger charge is -2.17. The van der Waals surface area contributed by atoms with Gasteiger partial charge in [-0.05, 0) is 31.7 Å². The van der Waals surface area contributed by atoms with Gasteiger partial charge in [-0.3, -0.25) is 4.90 Å². The maximum Gasteiger partial charge on any atom is 0.165 e. The molecular formula is C17H20FNO. The summed E-state index contributed by atoms with van der Waals surface area (Å²) in [6, 6.07) is 15.0. The van der Waals surface area contributed by atoms with Gasteiger partial charge in [0.1, 0.15) is 6.61 Å². The predicted molar refractivity (Wildman–Crippen MR) is 79.4 cm³/mol. The van der Waals surface area contributed by atoms with Gasteiger partial charge in [-0.15, -0.1) is 0 Å². The van der Waals surface area contributed by atoms with Crippen molar-refractivity contribution in [2.75, 3.05) is 20.2 Å². The summed E-state index contributed by atoms with van der Waals surface area (Å²) in [5, 5.41) is 0. The summed E-state index contributed by atoms with van der Waals surface area (Å²) in [6.45, 7) is 4.17. The zero-order valence-electron chi connectivity index (χ0n) is 12.0. The van der Waals surface area contributed by atoms with E-state index in [9.17, 15) is 4.39 Å². The quantitative estimate of drug-likeness (QED) is 0.796. The van der Waals surface area contributed by atoms with E-state index >= 15 is 0 Å². The van der Waals surface area contributed by atoms with E-state index in [0.717, 1.165) is 13.1 Å². The van der Waals surface area contributed by atoms with E-state index in [1.54, 1.807) is 18.2 Å². The van der Waals surface area contributed by atoms with Gasteiger partial charge in [-0.25, -0.2) is 4.39 Å². The number of rotatable bonds is 6. The molecule has 2 aromatic rings. The number of aryl methyl sites for hydroxylation is 1. The lowest BCUT2D eigenvalue weighted by Crippen LogP contribution is -2.24. The van der Waals surface area contributed by atoms with Crippen LogP contribution in [0.5, 0.6) is 5.75 Å². The molecule has 0 aliphatic rings. The Bertz CT molecular complexity index is 539. The number of likely N-dealkylation sites (N-methyl/N-ethyl adjacent to an activating group) is 1. The first-order valence-electron chi connectivity index (χ1n) is 6.76. The zero-order valence-corrected chi connectivity index (χ0v) is 12.0. The van der Waals surface area contributed by atoms with Crippen LogP contribution < -0.4 is 4.74 Å². The second-order valence-corrected chi connectivity index (χ2v) is 5.00. The Labute approximate surface area is 119 Å². The molecule has 0 bridgehead atoms. The summed E-state index contributed by atoms with van der Waals surface area (Å²) < 4.78 is 18.8. The third-order valence-corrected chi connectivity index (χ3v) is 3.14. The summed E-state index contributed by atoms with van der Waals surface area (Å²) in [6.07, 6.45) is 0. The second-order valence-electron chi connectivity index (χ2n) is 5.00. The van der Waals surface area contributed by atoms with Crippen molar-refractivity contribution in [2.45, 2.75) is 13.5 Å². The Morgan fingerprint density at radius 1 is 1.05 bits per heavy atom. The highest BCUT2D eigenvalue weighted by Gasteiger charge is 2.03. The fourth-order valence-corrected chi connectivity index (χ4v) is 1.96. The first-order valence-corrected chi connectivity index (χ1v) is 6.76. The van der Waals surface area contributed by atoms with Crippen molar-refractivity contribution < 1.29 is 9.13 Å². The molecule has 0 unspecified atom stereocenters. The number of ether oxygens (including phenoxy) is 1. The summed E-state index contributed by atoms with van der Waals surface area (Å²) in [5.74, 6) is 0.00456. The highest BCUT2D eigenvalue weighted by molar-refractivity contribution is 5.23. The van der Waals surface area contributed by atoms with Crippen LogP contribution in [0, 0.1) is 12.7 Å². The Kier molecular flexibility index (Phi) is 5.13. The van der Waals surface area contributed by atoms with Crippen LogP contribution in [0.3, 0.4) is 0 Å². The third-order valence-electron chi connectivity index (χ3n) is 3.14. The van der Waals surface area contributed by atoms with Crippen molar-refractivity contribution >= 4 is 0 Å². The molecule has 0 heterocycles. The van der Waals surface area contributed by atoms with Gasteiger partial charge in [0.05, 0.1) is 0 Å². The van der Waals surface area contributed by atoms with Crippen LogP contribution in [0.4, 0.5) is 4.39 Å². The van der Waals surface area contributed by atoms with Gasteiger partial charge in [0.25, 0.3) is 0 Å². The van der Waals surface area contributed by atoms with E-state index in [2.05, 4.69) is 36.1 Å². The van der Waals surface area contributed by atoms with Crippen LogP contribution in [0.2, 0.25) is 0 Å². The number of halogens is 1. The summed E-state index contributed by atoms with van der Waals surface area (Å²) in [5.41, 5.74) is 2.53. The van der Waals surface area contributed by atoms with Gasteiger partial charge in [-0.2, -0.15) is 0 Å². The lowest BCUT2D eigenvalue weighted by molar-refractivity contribution is 0.226. The molecule has 0 spiro atoms. The Morgan fingerprint density at radius 2 is 1.75 bits per heavy atom. The van der Waals surface area contributed by atoms with Crippen LogP contribution in [-0.4, -0.2) is 25.1 Å². The average molecular weight is 273 g/mol. The minimum Gasteiger partial charge on any atom is -0.489 e. The number of nitrogens with zero attached hydrogens (tertiary/aromatic N) is 1. The smallest absolute Gasteiger partial charge is 0.165 e. The maximum atomic E-state index is 13.4. The number of hydrogen-bond donors (Lipinski definition) is 0. The molecule has 0 N–H and O–H groups in total. The molecule has 2 rings (SSSR count). The van der Waals surface area contributed by atoms with Gasteiger partial charge in [0, 0.05) is 13.1 Å². The molecule has 106 valence electrons. The van der Waals surface area contributed by atoms with Crippen LogP contribution in [0.15, 0.2) is 48.5 Å². The molecule has 0 radical (unpaired) electrons. The van der Waals surface area contributed by atoms with Crippen LogP contribution in [0.25, 0.3) is 0 Å². The van der Waals surface area contributed by atoms with E-state index in [1.165, 1.54) is 17.2 Å². The van der Waals surface area contributed by atoms with Crippen LogP contribution >= 0.6 is 0 Å². The molecule has 0 aliphatic heterocycles. The maximum absolute atomic E-state index is 13.4. The first kappa shape index (κ1) is 14.5. The topological polar surface area (TPSA) is 12.5 Å². The normalized spacial score (nSPS) is 10.8. The summed E-state index contributed by atoms with van der Waals surface area (Å²) >= 11 is 0. The molecule has 2 aromatic carbocycles. The highest BCUT2D eigenvalue weighted by atomic mass is 19.1. The molecule has 0 fully saturated rings. The molecule has 0 atom stereocenters. The minimum atomic E-state index is -0.311. The van der Waals surface area contributed by atoms with Gasteiger partial charge in [-0.1, -0.05) is 42.0 Å². The standard InChI is InChI=1S/C17H20FNO/c1-14-7-9-15(10-8-14)13-19(2)11-12-20-17-6-4-3-5-16(17)18/h3-10H,11-13H2,1-2H3. The SMILES string of the molecule is Cc1ccc(CN(C)CCOc2ccccc2F)cc1. The van der Waals surface area contributed by atoms with Crippen LogP contribution in [-0.2, 0) is 6.54 Å². The summed E-state index contributed by atoms with van der Waals surface area (Å²) in [4.78, 5) is 2.16. The Hall–Kier alpha value is -1.87. The molecule has 0 saturated carbocycles. The average Bonchev–Trinajstić information content (AvgIpc) is 2.43. The molecule has 0 saturated heterocycles. The molecule has 2 nitrogen and oxygen atoms in total. The van der Waals surface area contributed by atoms with Crippen molar-refractivity contribution in [3.8, 4) is 5.75 Å². The van der Waals surface area contributed by atoms with Gasteiger partial charge in [0.15, 0.2) is 11.6 Å².